The maximum atomic E-state index is 14.7. The summed E-state index contributed by atoms with van der Waals surface area (Å²) >= 11 is 0. The minimum Gasteiger partial charge on any atom is -0.345 e. The van der Waals surface area contributed by atoms with E-state index in [4.69, 9.17) is 4.99 Å². The Morgan fingerprint density at radius 3 is 2.22 bits per heavy atom. The van der Waals surface area contributed by atoms with Gasteiger partial charge in [-0.2, -0.15) is 5.21 Å². The van der Waals surface area contributed by atoms with Gasteiger partial charge in [0.15, 0.2) is 5.82 Å². The van der Waals surface area contributed by atoms with E-state index in [1.165, 1.54) is 18.4 Å². The molecule has 0 bridgehead atoms. The zero-order valence-corrected chi connectivity index (χ0v) is 28.3. The second kappa shape index (κ2) is 12.4. The topological polar surface area (TPSA) is 116 Å². The number of H-pyrrole nitrogens is 1. The van der Waals surface area contributed by atoms with E-state index < -0.39 is 5.66 Å². The fourth-order valence-electron chi connectivity index (χ4n) is 7.25. The Morgan fingerprint density at radius 2 is 1.65 bits per heavy atom. The van der Waals surface area contributed by atoms with Gasteiger partial charge in [-0.15, -0.1) is 10.2 Å². The van der Waals surface area contributed by atoms with Crippen LogP contribution >= 0.6 is 0 Å². The van der Waals surface area contributed by atoms with Gasteiger partial charge in [0.05, 0.1) is 12.6 Å². The average Bonchev–Trinajstić information content (AvgIpc) is 3.67. The summed E-state index contributed by atoms with van der Waals surface area (Å²) in [6.07, 6.45) is 8.04. The summed E-state index contributed by atoms with van der Waals surface area (Å²) in [5, 5.41) is 16.6. The van der Waals surface area contributed by atoms with Crippen molar-refractivity contribution in [1.29, 1.82) is 0 Å². The molecular formula is C37H49N7O2. The van der Waals surface area contributed by atoms with Crippen molar-refractivity contribution in [3.05, 3.63) is 76.6 Å². The third-order valence-electron chi connectivity index (χ3n) is 10.3. The van der Waals surface area contributed by atoms with Gasteiger partial charge in [0, 0.05) is 11.1 Å². The van der Waals surface area contributed by atoms with Crippen molar-refractivity contribution in [2.75, 3.05) is 0 Å². The largest absolute Gasteiger partial charge is 0.345 e. The lowest BCUT2D eigenvalue weighted by Crippen LogP contribution is -2.51. The zero-order valence-electron chi connectivity index (χ0n) is 28.3. The van der Waals surface area contributed by atoms with Crippen molar-refractivity contribution in [2.45, 2.75) is 117 Å². The van der Waals surface area contributed by atoms with Crippen molar-refractivity contribution in [3.63, 3.8) is 0 Å². The van der Waals surface area contributed by atoms with E-state index in [2.05, 4.69) is 96.6 Å². The Bertz CT molecular complexity index is 1550. The molecular weight excluding hydrogens is 574 g/mol. The number of carbonyl (C=O) groups is 2. The lowest BCUT2D eigenvalue weighted by molar-refractivity contribution is -0.134. The number of rotatable bonds is 9. The average molecular weight is 624 g/mol. The van der Waals surface area contributed by atoms with Crippen LogP contribution in [0.3, 0.4) is 0 Å². The quantitative estimate of drug-likeness (QED) is 0.263. The lowest BCUT2D eigenvalue weighted by atomic mass is 9.69. The molecule has 3 aromatic rings. The summed E-state index contributed by atoms with van der Waals surface area (Å²) < 4.78 is 0. The Hall–Kier alpha value is -3.88. The zero-order chi connectivity index (χ0) is 32.7. The first-order valence-corrected chi connectivity index (χ1v) is 17.0. The molecule has 2 aliphatic carbocycles. The smallest absolute Gasteiger partial charge is 0.275 e. The van der Waals surface area contributed by atoms with Gasteiger partial charge in [-0.1, -0.05) is 83.2 Å². The third-order valence-corrected chi connectivity index (χ3v) is 10.3. The second-order valence-corrected chi connectivity index (χ2v) is 15.9. The fourth-order valence-corrected chi connectivity index (χ4v) is 7.25. The van der Waals surface area contributed by atoms with Crippen LogP contribution in [0.2, 0.25) is 0 Å². The van der Waals surface area contributed by atoms with Crippen LogP contribution in [-0.2, 0) is 11.3 Å². The number of nitrogens with zero attached hydrogens (tertiary/aromatic N) is 5. The van der Waals surface area contributed by atoms with Crippen LogP contribution in [-0.4, -0.2) is 48.7 Å². The Labute approximate surface area is 273 Å². The Morgan fingerprint density at radius 1 is 0.978 bits per heavy atom. The molecule has 2 aromatic carbocycles. The van der Waals surface area contributed by atoms with Crippen molar-refractivity contribution < 1.29 is 9.59 Å². The van der Waals surface area contributed by atoms with E-state index in [9.17, 15) is 9.59 Å². The summed E-state index contributed by atoms with van der Waals surface area (Å²) in [6, 6.07) is 16.2. The van der Waals surface area contributed by atoms with Gasteiger partial charge in [-0.25, -0.2) is 0 Å². The fraction of sp³-hybridized carbons (Fsp3) is 0.568. The van der Waals surface area contributed by atoms with Gasteiger partial charge >= 0.3 is 0 Å². The number of carbonyl (C=O) groups excluding carboxylic acids is 2. The summed E-state index contributed by atoms with van der Waals surface area (Å²) in [6.45, 7) is 13.9. The van der Waals surface area contributed by atoms with Crippen molar-refractivity contribution in [2.24, 2.45) is 21.7 Å². The minimum absolute atomic E-state index is 0.0224. The summed E-state index contributed by atoms with van der Waals surface area (Å²) in [5.74, 6) is 1.48. The minimum atomic E-state index is -0.577. The number of hydrogen-bond donors (Lipinski definition) is 2. The van der Waals surface area contributed by atoms with Crippen LogP contribution in [0.25, 0.3) is 0 Å². The van der Waals surface area contributed by atoms with Gasteiger partial charge in [0.25, 0.3) is 11.8 Å². The molecule has 1 spiro atoms. The molecule has 2 saturated carbocycles. The predicted octanol–water partition coefficient (Wildman–Crippen LogP) is 7.14. The number of aromatic nitrogens is 4. The molecule has 9 heteroatoms. The number of benzene rings is 2. The van der Waals surface area contributed by atoms with Crippen molar-refractivity contribution in [3.8, 4) is 0 Å². The van der Waals surface area contributed by atoms with Gasteiger partial charge in [0.1, 0.15) is 11.4 Å². The molecule has 46 heavy (non-hydrogen) atoms. The molecule has 3 aliphatic rings. The molecule has 0 saturated heterocycles. The SMILES string of the molecule is CC(C)(C)CC[C@H](c1ccc(C(=O)NCc2nn[nH]n2)cc1)N1C(=O)C(c2ccc(C3CC3)cc2)=NC12CCC(C(C)(C)C)CC2. The predicted molar refractivity (Wildman–Crippen MR) is 179 cm³/mol. The maximum absolute atomic E-state index is 14.7. The van der Waals surface area contributed by atoms with Crippen LogP contribution in [0, 0.1) is 16.7 Å². The highest BCUT2D eigenvalue weighted by Gasteiger charge is 2.52. The van der Waals surface area contributed by atoms with Gasteiger partial charge in [0.2, 0.25) is 0 Å². The second-order valence-electron chi connectivity index (χ2n) is 15.9. The molecule has 1 aromatic heterocycles. The van der Waals surface area contributed by atoms with Gasteiger partial charge in [-0.3, -0.25) is 14.6 Å². The van der Waals surface area contributed by atoms with Crippen molar-refractivity contribution >= 4 is 17.5 Å². The Kier molecular flexibility index (Phi) is 8.63. The first kappa shape index (κ1) is 32.1. The molecule has 244 valence electrons. The van der Waals surface area contributed by atoms with Crippen molar-refractivity contribution in [1.82, 2.24) is 30.8 Å². The normalized spacial score (nSPS) is 22.7. The standard InChI is InChI=1S/C37H49N7O2/c1-35(2,3)20-19-30(26-11-15-28(16-12-26)33(45)38-23-31-40-42-43-41-31)44-34(46)32(27-13-9-25(10-14-27)24-7-8-24)39-37(44)21-17-29(18-22-37)36(4,5)6/h9-16,24,29-30H,7-8,17-23H2,1-6H3,(H,38,45)(H,40,41,42,43)/t29?,30-,37?/m1/s1. The first-order valence-electron chi connectivity index (χ1n) is 17.0. The number of aliphatic imine (C=N–C) groups is 1. The van der Waals surface area contributed by atoms with Gasteiger partial charge in [-0.05, 0) is 97.3 Å². The summed E-state index contributed by atoms with van der Waals surface area (Å²) in [7, 11) is 0. The Balaban J connectivity index is 1.32. The van der Waals surface area contributed by atoms with Crippen LogP contribution in [0.5, 0.6) is 0 Å². The monoisotopic (exact) mass is 623 g/mol. The molecule has 9 nitrogen and oxygen atoms in total. The van der Waals surface area contributed by atoms with Crippen LogP contribution in [0.1, 0.15) is 138 Å². The highest BCUT2D eigenvalue weighted by atomic mass is 16.2. The van der Waals surface area contributed by atoms with E-state index in [-0.39, 0.29) is 35.2 Å². The number of hydrogen-bond acceptors (Lipinski definition) is 6. The number of nitrogens with one attached hydrogen (secondary N) is 2. The highest BCUT2D eigenvalue weighted by molar-refractivity contribution is 6.46. The molecule has 1 aliphatic heterocycles. The van der Waals surface area contributed by atoms with E-state index in [1.54, 1.807) is 0 Å². The molecule has 0 unspecified atom stereocenters. The van der Waals surface area contributed by atoms with E-state index in [0.29, 0.717) is 28.9 Å². The summed E-state index contributed by atoms with van der Waals surface area (Å²) in [4.78, 5) is 35.2. The van der Waals surface area contributed by atoms with Crippen LogP contribution < -0.4 is 5.32 Å². The molecule has 2 N–H and O–H groups in total. The number of amides is 2. The molecule has 0 radical (unpaired) electrons. The maximum Gasteiger partial charge on any atom is 0.275 e. The first-order chi connectivity index (χ1) is 21.8. The molecule has 1 atom stereocenters. The van der Waals surface area contributed by atoms with Crippen LogP contribution in [0.15, 0.2) is 53.5 Å². The van der Waals surface area contributed by atoms with E-state index >= 15 is 0 Å². The van der Waals surface area contributed by atoms with Crippen LogP contribution in [0.4, 0.5) is 0 Å². The van der Waals surface area contributed by atoms with E-state index in [0.717, 1.165) is 49.7 Å². The van der Waals surface area contributed by atoms with Gasteiger partial charge < -0.3 is 10.2 Å². The van der Waals surface area contributed by atoms with E-state index in [1.807, 2.05) is 24.3 Å². The number of aromatic amines is 1. The molecule has 2 fully saturated rings. The lowest BCUT2D eigenvalue weighted by Gasteiger charge is -2.47. The molecule has 6 rings (SSSR count). The number of tetrazole rings is 1. The highest BCUT2D eigenvalue weighted by Crippen LogP contribution is 2.50. The third kappa shape index (κ3) is 6.93. The molecule has 2 heterocycles. The molecule has 2 amide bonds. The summed E-state index contributed by atoms with van der Waals surface area (Å²) in [5.41, 5.74) is 4.17.